The van der Waals surface area contributed by atoms with Crippen LogP contribution in [0, 0.1) is 0 Å². The predicted octanol–water partition coefficient (Wildman–Crippen LogP) is 2.11. The third-order valence-electron chi connectivity index (χ3n) is 3.84. The van der Waals surface area contributed by atoms with E-state index in [1.807, 2.05) is 25.1 Å². The Morgan fingerprint density at radius 1 is 1.05 bits per heavy atom. The fourth-order valence-corrected chi connectivity index (χ4v) is 2.76. The number of ether oxygens (including phenoxy) is 2. The lowest BCUT2D eigenvalue weighted by Gasteiger charge is -2.17. The van der Waals surface area contributed by atoms with Gasteiger partial charge in [0.15, 0.2) is 17.3 Å². The molecule has 3 rings (SSSR count). The zero-order chi connectivity index (χ0) is 15.7. The number of aromatic nitrogens is 3. The minimum Gasteiger partial charge on any atom is -0.493 e. The third kappa shape index (κ3) is 2.45. The van der Waals surface area contributed by atoms with E-state index in [2.05, 4.69) is 4.98 Å². The monoisotopic (exact) mass is 300 g/mol. The summed E-state index contributed by atoms with van der Waals surface area (Å²) in [5, 5.41) is 0. The van der Waals surface area contributed by atoms with Gasteiger partial charge in [0, 0.05) is 31.4 Å². The molecule has 1 aliphatic rings. The van der Waals surface area contributed by atoms with E-state index in [9.17, 15) is 0 Å². The summed E-state index contributed by atoms with van der Waals surface area (Å²) in [7, 11) is 7.21. The van der Waals surface area contributed by atoms with Crippen LogP contribution in [0.15, 0.2) is 12.3 Å². The van der Waals surface area contributed by atoms with Crippen molar-refractivity contribution in [3.63, 3.8) is 0 Å². The van der Waals surface area contributed by atoms with E-state index in [0.29, 0.717) is 23.0 Å². The van der Waals surface area contributed by atoms with E-state index < -0.39 is 0 Å². The van der Waals surface area contributed by atoms with Gasteiger partial charge in [-0.15, -0.1) is 0 Å². The normalized spacial score (nSPS) is 12.9. The van der Waals surface area contributed by atoms with Gasteiger partial charge in [-0.25, -0.2) is 15.0 Å². The molecule has 2 aromatic rings. The van der Waals surface area contributed by atoms with Crippen LogP contribution < -0.4 is 14.4 Å². The summed E-state index contributed by atoms with van der Waals surface area (Å²) in [5.41, 5.74) is 3.08. The fourth-order valence-electron chi connectivity index (χ4n) is 2.76. The van der Waals surface area contributed by atoms with Gasteiger partial charge >= 0.3 is 0 Å². The van der Waals surface area contributed by atoms with Crippen LogP contribution in [0.3, 0.4) is 0 Å². The SMILES string of the molecule is COc1cnc(-c2nc3c(c(N(C)C)n2)CCC3)cc1OC. The quantitative estimate of drug-likeness (QED) is 0.862. The van der Waals surface area contributed by atoms with Crippen LogP contribution in [0.5, 0.6) is 11.5 Å². The Morgan fingerprint density at radius 2 is 1.82 bits per heavy atom. The number of rotatable bonds is 4. The Labute approximate surface area is 130 Å². The maximum Gasteiger partial charge on any atom is 0.180 e. The molecule has 0 amide bonds. The third-order valence-corrected chi connectivity index (χ3v) is 3.84. The summed E-state index contributed by atoms with van der Waals surface area (Å²) in [5.74, 6) is 2.84. The molecule has 0 saturated heterocycles. The number of anilines is 1. The van der Waals surface area contributed by atoms with Gasteiger partial charge in [0.05, 0.1) is 20.4 Å². The molecule has 0 saturated carbocycles. The first kappa shape index (κ1) is 14.6. The van der Waals surface area contributed by atoms with E-state index in [0.717, 1.165) is 30.8 Å². The van der Waals surface area contributed by atoms with Gasteiger partial charge in [0.25, 0.3) is 0 Å². The lowest BCUT2D eigenvalue weighted by Crippen LogP contribution is -2.15. The van der Waals surface area contributed by atoms with Gasteiger partial charge in [-0.05, 0) is 19.3 Å². The zero-order valence-corrected chi connectivity index (χ0v) is 13.4. The highest BCUT2D eigenvalue weighted by Crippen LogP contribution is 2.33. The largest absolute Gasteiger partial charge is 0.493 e. The zero-order valence-electron chi connectivity index (χ0n) is 13.4. The molecule has 2 aromatic heterocycles. The van der Waals surface area contributed by atoms with Crippen molar-refractivity contribution in [3.05, 3.63) is 23.5 Å². The number of pyridine rings is 1. The second-order valence-electron chi connectivity index (χ2n) is 5.47. The minimum absolute atomic E-state index is 0.597. The average molecular weight is 300 g/mol. The number of nitrogens with zero attached hydrogens (tertiary/aromatic N) is 4. The summed E-state index contributed by atoms with van der Waals surface area (Å²) >= 11 is 0. The Bertz CT molecular complexity index is 701. The molecule has 22 heavy (non-hydrogen) atoms. The van der Waals surface area contributed by atoms with Crippen molar-refractivity contribution < 1.29 is 9.47 Å². The van der Waals surface area contributed by atoms with Gasteiger partial charge in [-0.1, -0.05) is 0 Å². The van der Waals surface area contributed by atoms with Crippen LogP contribution in [-0.2, 0) is 12.8 Å². The summed E-state index contributed by atoms with van der Waals surface area (Å²) < 4.78 is 10.6. The van der Waals surface area contributed by atoms with Crippen molar-refractivity contribution in [1.29, 1.82) is 0 Å². The number of aryl methyl sites for hydroxylation is 1. The molecule has 0 N–H and O–H groups in total. The van der Waals surface area contributed by atoms with Crippen LogP contribution in [0.4, 0.5) is 5.82 Å². The van der Waals surface area contributed by atoms with Crippen molar-refractivity contribution in [2.75, 3.05) is 33.2 Å². The number of hydrogen-bond acceptors (Lipinski definition) is 6. The van der Waals surface area contributed by atoms with E-state index in [-0.39, 0.29) is 0 Å². The first-order chi connectivity index (χ1) is 10.6. The standard InChI is InChI=1S/C16H20N4O2/c1-20(2)16-10-6-5-7-11(10)18-15(19-16)12-8-13(21-3)14(22-4)9-17-12/h8-9H,5-7H2,1-4H3. The van der Waals surface area contributed by atoms with Crippen LogP contribution >= 0.6 is 0 Å². The van der Waals surface area contributed by atoms with E-state index in [1.165, 1.54) is 5.56 Å². The first-order valence-corrected chi connectivity index (χ1v) is 7.29. The van der Waals surface area contributed by atoms with E-state index in [4.69, 9.17) is 19.4 Å². The highest BCUT2D eigenvalue weighted by atomic mass is 16.5. The van der Waals surface area contributed by atoms with Gasteiger partial charge < -0.3 is 14.4 Å². The van der Waals surface area contributed by atoms with Crippen molar-refractivity contribution in [2.24, 2.45) is 0 Å². The average Bonchev–Trinajstić information content (AvgIpc) is 3.01. The van der Waals surface area contributed by atoms with Gasteiger partial charge in [-0.3, -0.25) is 0 Å². The molecule has 0 aliphatic heterocycles. The maximum atomic E-state index is 5.34. The summed E-state index contributed by atoms with van der Waals surface area (Å²) in [6.07, 6.45) is 4.81. The molecule has 6 heteroatoms. The second kappa shape index (κ2) is 5.79. The topological polar surface area (TPSA) is 60.4 Å². The Hall–Kier alpha value is -2.37. The maximum absolute atomic E-state index is 5.34. The number of methoxy groups -OCH3 is 2. The molecular formula is C16H20N4O2. The van der Waals surface area contributed by atoms with Gasteiger partial charge in [-0.2, -0.15) is 0 Å². The highest BCUT2D eigenvalue weighted by Gasteiger charge is 2.21. The predicted molar refractivity (Wildman–Crippen MR) is 84.7 cm³/mol. The molecule has 0 spiro atoms. The van der Waals surface area contributed by atoms with Crippen LogP contribution in [0.25, 0.3) is 11.5 Å². The smallest absolute Gasteiger partial charge is 0.180 e. The number of fused-ring (bicyclic) bond motifs is 1. The molecule has 0 atom stereocenters. The Kier molecular flexibility index (Phi) is 3.83. The fraction of sp³-hybridized carbons (Fsp3) is 0.438. The van der Waals surface area contributed by atoms with Gasteiger partial charge in [0.2, 0.25) is 0 Å². The lowest BCUT2D eigenvalue weighted by atomic mass is 10.2. The molecular weight excluding hydrogens is 280 g/mol. The van der Waals surface area contributed by atoms with E-state index in [1.54, 1.807) is 20.4 Å². The summed E-state index contributed by atoms with van der Waals surface area (Å²) in [4.78, 5) is 15.8. The highest BCUT2D eigenvalue weighted by molar-refractivity contribution is 5.61. The summed E-state index contributed by atoms with van der Waals surface area (Å²) in [6, 6.07) is 1.81. The number of hydrogen-bond donors (Lipinski definition) is 0. The van der Waals surface area contributed by atoms with Crippen molar-refractivity contribution in [2.45, 2.75) is 19.3 Å². The van der Waals surface area contributed by atoms with Crippen LogP contribution in [0.1, 0.15) is 17.7 Å². The molecule has 0 bridgehead atoms. The first-order valence-electron chi connectivity index (χ1n) is 7.29. The van der Waals surface area contributed by atoms with Gasteiger partial charge in [0.1, 0.15) is 11.5 Å². The van der Waals surface area contributed by atoms with E-state index >= 15 is 0 Å². The van der Waals surface area contributed by atoms with Crippen LogP contribution in [-0.4, -0.2) is 43.3 Å². The molecule has 0 aromatic carbocycles. The second-order valence-corrected chi connectivity index (χ2v) is 5.47. The molecule has 2 heterocycles. The Balaban J connectivity index is 2.11. The lowest BCUT2D eigenvalue weighted by molar-refractivity contribution is 0.353. The Morgan fingerprint density at radius 3 is 2.50 bits per heavy atom. The van der Waals surface area contributed by atoms with Crippen molar-refractivity contribution in [3.8, 4) is 23.0 Å². The van der Waals surface area contributed by atoms with Crippen LogP contribution in [0.2, 0.25) is 0 Å². The molecule has 6 nitrogen and oxygen atoms in total. The molecule has 116 valence electrons. The molecule has 0 unspecified atom stereocenters. The molecule has 0 radical (unpaired) electrons. The minimum atomic E-state index is 0.597. The summed E-state index contributed by atoms with van der Waals surface area (Å²) in [6.45, 7) is 0. The van der Waals surface area contributed by atoms with Crippen molar-refractivity contribution >= 4 is 5.82 Å². The molecule has 0 fully saturated rings. The molecule has 1 aliphatic carbocycles. The van der Waals surface area contributed by atoms with Crippen molar-refractivity contribution in [1.82, 2.24) is 15.0 Å².